The third-order valence-corrected chi connectivity index (χ3v) is 4.92. The molecule has 4 rings (SSSR count). The van der Waals surface area contributed by atoms with Crippen LogP contribution >= 0.6 is 0 Å². The van der Waals surface area contributed by atoms with Crippen LogP contribution in [0.4, 0.5) is 5.69 Å². The first-order valence-corrected chi connectivity index (χ1v) is 9.37. The van der Waals surface area contributed by atoms with E-state index in [1.54, 1.807) is 11.0 Å². The standard InChI is InChI=1S/C22H21N3O3/c1-2-17-14-20(28-23-17)22(27)24-12-13-25(21(26)15-24)19-11-7-6-10-18(19)16-8-4-3-5-9-16/h3-11,14H,2,12-13,15H2,1H3. The minimum absolute atomic E-state index is 0.0180. The molecule has 0 saturated carbocycles. The van der Waals surface area contributed by atoms with Gasteiger partial charge in [0.25, 0.3) is 5.91 Å². The summed E-state index contributed by atoms with van der Waals surface area (Å²) >= 11 is 0. The second kappa shape index (κ2) is 7.68. The summed E-state index contributed by atoms with van der Waals surface area (Å²) in [6.45, 7) is 2.84. The van der Waals surface area contributed by atoms with Gasteiger partial charge in [0.1, 0.15) is 6.54 Å². The summed E-state index contributed by atoms with van der Waals surface area (Å²) in [5, 5.41) is 3.86. The predicted molar refractivity (Wildman–Crippen MR) is 106 cm³/mol. The highest BCUT2D eigenvalue weighted by atomic mass is 16.5. The number of aryl methyl sites for hydroxylation is 1. The van der Waals surface area contributed by atoms with E-state index in [0.717, 1.165) is 22.5 Å². The van der Waals surface area contributed by atoms with E-state index >= 15 is 0 Å². The first-order chi connectivity index (χ1) is 13.7. The van der Waals surface area contributed by atoms with Crippen LogP contribution in [0.1, 0.15) is 23.2 Å². The van der Waals surface area contributed by atoms with E-state index in [0.29, 0.717) is 19.5 Å². The number of para-hydroxylation sites is 1. The van der Waals surface area contributed by atoms with Crippen molar-refractivity contribution in [3.05, 3.63) is 72.1 Å². The lowest BCUT2D eigenvalue weighted by atomic mass is 10.0. The van der Waals surface area contributed by atoms with Crippen molar-refractivity contribution in [2.75, 3.05) is 24.5 Å². The minimum atomic E-state index is -0.295. The summed E-state index contributed by atoms with van der Waals surface area (Å²) in [5.41, 5.74) is 3.64. The summed E-state index contributed by atoms with van der Waals surface area (Å²) in [4.78, 5) is 28.8. The van der Waals surface area contributed by atoms with E-state index < -0.39 is 0 Å². The van der Waals surface area contributed by atoms with Gasteiger partial charge in [-0.2, -0.15) is 0 Å². The molecule has 0 aliphatic carbocycles. The van der Waals surface area contributed by atoms with Gasteiger partial charge in [-0.1, -0.05) is 60.6 Å². The van der Waals surface area contributed by atoms with Gasteiger partial charge in [-0.05, 0) is 18.1 Å². The third kappa shape index (κ3) is 3.41. The Morgan fingerprint density at radius 1 is 1.07 bits per heavy atom. The molecule has 1 aromatic heterocycles. The van der Waals surface area contributed by atoms with E-state index in [2.05, 4.69) is 5.16 Å². The highest BCUT2D eigenvalue weighted by molar-refractivity contribution is 6.02. The number of benzene rings is 2. The van der Waals surface area contributed by atoms with Gasteiger partial charge in [-0.3, -0.25) is 9.59 Å². The monoisotopic (exact) mass is 375 g/mol. The van der Waals surface area contributed by atoms with Crippen LogP contribution in [0.3, 0.4) is 0 Å². The van der Waals surface area contributed by atoms with E-state index in [1.807, 2.05) is 61.5 Å². The zero-order valence-corrected chi connectivity index (χ0v) is 15.7. The van der Waals surface area contributed by atoms with Crippen LogP contribution in [0.5, 0.6) is 0 Å². The summed E-state index contributed by atoms with van der Waals surface area (Å²) in [5.74, 6) is -0.224. The fourth-order valence-corrected chi connectivity index (χ4v) is 3.41. The van der Waals surface area contributed by atoms with Gasteiger partial charge in [-0.25, -0.2) is 0 Å². The maximum atomic E-state index is 12.9. The lowest BCUT2D eigenvalue weighted by Crippen LogP contribution is -2.52. The molecule has 6 nitrogen and oxygen atoms in total. The Hall–Kier alpha value is -3.41. The Balaban J connectivity index is 1.54. The molecule has 6 heteroatoms. The number of rotatable bonds is 4. The number of amides is 2. The first-order valence-electron chi connectivity index (χ1n) is 9.37. The molecule has 2 amide bonds. The topological polar surface area (TPSA) is 66.7 Å². The number of carbonyl (C=O) groups excluding carboxylic acids is 2. The summed E-state index contributed by atoms with van der Waals surface area (Å²) in [6.07, 6.45) is 0.694. The first kappa shape index (κ1) is 18.0. The molecule has 3 aromatic rings. The lowest BCUT2D eigenvalue weighted by molar-refractivity contribution is -0.120. The molecule has 2 aromatic carbocycles. The van der Waals surface area contributed by atoms with E-state index in [-0.39, 0.29) is 24.1 Å². The number of nitrogens with zero attached hydrogens (tertiary/aromatic N) is 3. The molecule has 1 aliphatic rings. The van der Waals surface area contributed by atoms with Crippen LogP contribution in [0.2, 0.25) is 0 Å². The Kier molecular flexibility index (Phi) is 4.93. The van der Waals surface area contributed by atoms with Crippen molar-refractivity contribution in [2.45, 2.75) is 13.3 Å². The van der Waals surface area contributed by atoms with Crippen LogP contribution < -0.4 is 4.90 Å². The number of carbonyl (C=O) groups is 2. The zero-order valence-electron chi connectivity index (χ0n) is 15.7. The van der Waals surface area contributed by atoms with Crippen molar-refractivity contribution in [3.8, 4) is 11.1 Å². The zero-order chi connectivity index (χ0) is 19.5. The minimum Gasteiger partial charge on any atom is -0.351 e. The molecule has 1 saturated heterocycles. The molecule has 0 radical (unpaired) electrons. The smallest absolute Gasteiger partial charge is 0.293 e. The van der Waals surface area contributed by atoms with Crippen molar-refractivity contribution in [2.24, 2.45) is 0 Å². The molecule has 1 fully saturated rings. The Bertz CT molecular complexity index is 997. The quantitative estimate of drug-likeness (QED) is 0.701. The summed E-state index contributed by atoms with van der Waals surface area (Å²) in [7, 11) is 0. The number of hydrogen-bond donors (Lipinski definition) is 0. The normalized spacial score (nSPS) is 14.4. The molecule has 1 aliphatic heterocycles. The van der Waals surface area contributed by atoms with Gasteiger partial charge in [0.05, 0.1) is 11.4 Å². The highest BCUT2D eigenvalue weighted by Gasteiger charge is 2.31. The molecule has 0 N–H and O–H groups in total. The predicted octanol–water partition coefficient (Wildman–Crippen LogP) is 3.39. The summed E-state index contributed by atoms with van der Waals surface area (Å²) in [6, 6.07) is 19.5. The maximum absolute atomic E-state index is 12.9. The molecule has 0 bridgehead atoms. The van der Waals surface area contributed by atoms with Gasteiger partial charge in [0.15, 0.2) is 0 Å². The van der Waals surface area contributed by atoms with Crippen LogP contribution in [0, 0.1) is 0 Å². The third-order valence-electron chi connectivity index (χ3n) is 4.92. The van der Waals surface area contributed by atoms with Crippen LogP contribution in [-0.4, -0.2) is 41.5 Å². The molecular formula is C22H21N3O3. The van der Waals surface area contributed by atoms with Crippen molar-refractivity contribution in [1.29, 1.82) is 0 Å². The number of aromatic nitrogens is 1. The number of anilines is 1. The fourth-order valence-electron chi connectivity index (χ4n) is 3.41. The van der Waals surface area contributed by atoms with Crippen LogP contribution in [0.15, 0.2) is 65.2 Å². The molecule has 2 heterocycles. The van der Waals surface area contributed by atoms with Crippen molar-refractivity contribution < 1.29 is 14.1 Å². The van der Waals surface area contributed by atoms with Crippen molar-refractivity contribution >= 4 is 17.5 Å². The average Bonchev–Trinajstić information content (AvgIpc) is 3.23. The fraction of sp³-hybridized carbons (Fsp3) is 0.227. The molecule has 0 spiro atoms. The van der Waals surface area contributed by atoms with Crippen molar-refractivity contribution in [1.82, 2.24) is 10.1 Å². The average molecular weight is 375 g/mol. The maximum Gasteiger partial charge on any atom is 0.293 e. The lowest BCUT2D eigenvalue weighted by Gasteiger charge is -2.34. The van der Waals surface area contributed by atoms with Gasteiger partial charge < -0.3 is 14.3 Å². The molecule has 28 heavy (non-hydrogen) atoms. The Labute approximate surface area is 163 Å². The van der Waals surface area contributed by atoms with Crippen molar-refractivity contribution in [3.63, 3.8) is 0 Å². The van der Waals surface area contributed by atoms with Gasteiger partial charge >= 0.3 is 0 Å². The van der Waals surface area contributed by atoms with Gasteiger partial charge in [0, 0.05) is 24.7 Å². The summed E-state index contributed by atoms with van der Waals surface area (Å²) < 4.78 is 5.13. The second-order valence-electron chi connectivity index (χ2n) is 6.69. The van der Waals surface area contributed by atoms with Gasteiger partial charge in [0.2, 0.25) is 11.7 Å². The second-order valence-corrected chi connectivity index (χ2v) is 6.69. The van der Waals surface area contributed by atoms with E-state index in [4.69, 9.17) is 4.52 Å². The van der Waals surface area contributed by atoms with E-state index in [1.165, 1.54) is 4.90 Å². The molecule has 0 atom stereocenters. The van der Waals surface area contributed by atoms with Crippen LogP contribution in [-0.2, 0) is 11.2 Å². The Morgan fingerprint density at radius 3 is 2.54 bits per heavy atom. The Morgan fingerprint density at radius 2 is 1.82 bits per heavy atom. The highest BCUT2D eigenvalue weighted by Crippen LogP contribution is 2.31. The number of hydrogen-bond acceptors (Lipinski definition) is 4. The van der Waals surface area contributed by atoms with Crippen LogP contribution in [0.25, 0.3) is 11.1 Å². The van der Waals surface area contributed by atoms with Gasteiger partial charge in [-0.15, -0.1) is 0 Å². The largest absolute Gasteiger partial charge is 0.351 e. The molecule has 0 unspecified atom stereocenters. The van der Waals surface area contributed by atoms with E-state index in [9.17, 15) is 9.59 Å². The molecule has 142 valence electrons. The molecular weight excluding hydrogens is 354 g/mol. The number of piperazine rings is 1. The SMILES string of the molecule is CCc1cc(C(=O)N2CCN(c3ccccc3-c3ccccc3)C(=O)C2)on1.